The fourth-order valence-electron chi connectivity index (χ4n) is 3.36. The van der Waals surface area contributed by atoms with E-state index < -0.39 is 0 Å². The Morgan fingerprint density at radius 1 is 1.04 bits per heavy atom. The number of halogens is 1. The highest BCUT2D eigenvalue weighted by Crippen LogP contribution is 2.27. The number of nitrogens with zero attached hydrogens (tertiary/aromatic N) is 2. The molecule has 1 atom stereocenters. The van der Waals surface area contributed by atoms with E-state index in [1.54, 1.807) is 0 Å². The van der Waals surface area contributed by atoms with Crippen LogP contribution in [0.3, 0.4) is 0 Å². The van der Waals surface area contributed by atoms with Gasteiger partial charge in [-0.05, 0) is 42.7 Å². The number of rotatable bonds is 5. The number of hydrogen-bond acceptors (Lipinski definition) is 3. The lowest BCUT2D eigenvalue weighted by Gasteiger charge is -2.37. The Morgan fingerprint density at radius 3 is 2.42 bits per heavy atom. The molecule has 128 valence electrons. The average molecular weight is 388 g/mol. The molecule has 3 rings (SSSR count). The van der Waals surface area contributed by atoms with Crippen molar-refractivity contribution in [3.8, 4) is 0 Å². The van der Waals surface area contributed by atoms with Crippen molar-refractivity contribution in [2.24, 2.45) is 5.73 Å². The monoisotopic (exact) mass is 387 g/mol. The molecule has 4 heteroatoms. The molecule has 0 bridgehead atoms. The molecule has 24 heavy (non-hydrogen) atoms. The summed E-state index contributed by atoms with van der Waals surface area (Å²) in [6.07, 6.45) is 0.916. The summed E-state index contributed by atoms with van der Waals surface area (Å²) in [6, 6.07) is 17.5. The lowest BCUT2D eigenvalue weighted by Crippen LogP contribution is -2.46. The summed E-state index contributed by atoms with van der Waals surface area (Å²) in [5.74, 6) is 0. The molecule has 1 fully saturated rings. The largest absolute Gasteiger partial charge is 0.369 e. The molecule has 2 aromatic carbocycles. The van der Waals surface area contributed by atoms with E-state index in [1.807, 2.05) is 0 Å². The van der Waals surface area contributed by atoms with E-state index in [1.165, 1.54) is 16.8 Å². The van der Waals surface area contributed by atoms with Gasteiger partial charge in [0.15, 0.2) is 0 Å². The van der Waals surface area contributed by atoms with Crippen LogP contribution in [0.4, 0.5) is 5.69 Å². The van der Waals surface area contributed by atoms with Crippen LogP contribution < -0.4 is 10.6 Å². The summed E-state index contributed by atoms with van der Waals surface area (Å²) in [5.41, 5.74) is 10.1. The first-order valence-electron chi connectivity index (χ1n) is 8.67. The first-order valence-corrected chi connectivity index (χ1v) is 9.46. The molecule has 2 aromatic rings. The average Bonchev–Trinajstić information content (AvgIpc) is 2.56. The minimum absolute atomic E-state index is 0.178. The van der Waals surface area contributed by atoms with Crippen molar-refractivity contribution in [1.29, 1.82) is 0 Å². The molecule has 1 unspecified atom stereocenters. The summed E-state index contributed by atoms with van der Waals surface area (Å²) in [7, 11) is 0. The lowest BCUT2D eigenvalue weighted by molar-refractivity contribution is 0.249. The molecule has 0 aliphatic carbocycles. The Balaban J connectivity index is 1.64. The van der Waals surface area contributed by atoms with E-state index in [4.69, 9.17) is 5.73 Å². The van der Waals surface area contributed by atoms with Crippen LogP contribution in [-0.4, -0.2) is 37.1 Å². The summed E-state index contributed by atoms with van der Waals surface area (Å²) >= 11 is 3.59. The number of anilines is 1. The Bertz CT molecular complexity index is 649. The normalized spacial score (nSPS) is 17.0. The molecule has 0 aromatic heterocycles. The van der Waals surface area contributed by atoms with Crippen molar-refractivity contribution in [2.45, 2.75) is 25.9 Å². The van der Waals surface area contributed by atoms with Gasteiger partial charge in [0, 0.05) is 48.9 Å². The molecular weight excluding hydrogens is 362 g/mol. The van der Waals surface area contributed by atoms with Crippen molar-refractivity contribution in [3.05, 3.63) is 64.1 Å². The van der Waals surface area contributed by atoms with E-state index in [0.717, 1.165) is 43.6 Å². The predicted molar refractivity (Wildman–Crippen MR) is 105 cm³/mol. The molecule has 1 aliphatic rings. The van der Waals surface area contributed by atoms with Gasteiger partial charge in [0.05, 0.1) is 0 Å². The third-order valence-corrected chi connectivity index (χ3v) is 5.04. The van der Waals surface area contributed by atoms with Crippen LogP contribution >= 0.6 is 15.9 Å². The third kappa shape index (κ3) is 4.59. The quantitative estimate of drug-likeness (QED) is 0.849. The second-order valence-electron chi connectivity index (χ2n) is 6.70. The van der Waals surface area contributed by atoms with Crippen LogP contribution in [0.5, 0.6) is 0 Å². The maximum atomic E-state index is 6.04. The topological polar surface area (TPSA) is 32.5 Å². The zero-order chi connectivity index (χ0) is 16.9. The van der Waals surface area contributed by atoms with Gasteiger partial charge in [0.2, 0.25) is 0 Å². The Kier molecular flexibility index (Phi) is 5.93. The maximum absolute atomic E-state index is 6.04. The zero-order valence-corrected chi connectivity index (χ0v) is 15.9. The van der Waals surface area contributed by atoms with Crippen molar-refractivity contribution in [2.75, 3.05) is 31.1 Å². The Hall–Kier alpha value is -1.36. The molecule has 0 saturated carbocycles. The van der Waals surface area contributed by atoms with E-state index in [0.29, 0.717) is 0 Å². The van der Waals surface area contributed by atoms with Gasteiger partial charge in [-0.1, -0.05) is 46.3 Å². The van der Waals surface area contributed by atoms with Crippen molar-refractivity contribution < 1.29 is 0 Å². The number of piperazine rings is 1. The second kappa shape index (κ2) is 8.15. The van der Waals surface area contributed by atoms with Crippen LogP contribution in [0.15, 0.2) is 53.0 Å². The van der Waals surface area contributed by atoms with Crippen LogP contribution in [0.25, 0.3) is 0 Å². The van der Waals surface area contributed by atoms with E-state index >= 15 is 0 Å². The molecule has 1 heterocycles. The predicted octanol–water partition coefficient (Wildman–Crippen LogP) is 3.66. The van der Waals surface area contributed by atoms with Gasteiger partial charge in [0.25, 0.3) is 0 Å². The van der Waals surface area contributed by atoms with Gasteiger partial charge in [0.1, 0.15) is 0 Å². The van der Waals surface area contributed by atoms with Gasteiger partial charge in [-0.25, -0.2) is 0 Å². The third-order valence-electron chi connectivity index (χ3n) is 4.55. The highest BCUT2D eigenvalue weighted by Gasteiger charge is 2.19. The molecule has 1 aliphatic heterocycles. The summed E-state index contributed by atoms with van der Waals surface area (Å²) in [6.45, 7) is 7.45. The van der Waals surface area contributed by atoms with Gasteiger partial charge in [-0.3, -0.25) is 4.90 Å². The molecule has 0 spiro atoms. The molecule has 1 saturated heterocycles. The summed E-state index contributed by atoms with van der Waals surface area (Å²) in [4.78, 5) is 5.04. The van der Waals surface area contributed by atoms with Crippen LogP contribution in [-0.2, 0) is 13.0 Å². The zero-order valence-electron chi connectivity index (χ0n) is 14.3. The minimum Gasteiger partial charge on any atom is -0.369 e. The van der Waals surface area contributed by atoms with E-state index in [-0.39, 0.29) is 6.04 Å². The number of benzene rings is 2. The maximum Gasteiger partial charge on any atom is 0.0401 e. The fourth-order valence-corrected chi connectivity index (χ4v) is 3.77. The SMILES string of the molecule is CC(N)Cc1cc(Br)ccc1N1CCN(Cc2ccccc2)CC1. The molecule has 0 radical (unpaired) electrons. The molecular formula is C20H26BrN3. The summed E-state index contributed by atoms with van der Waals surface area (Å²) < 4.78 is 1.13. The molecule has 2 N–H and O–H groups in total. The van der Waals surface area contributed by atoms with Crippen molar-refractivity contribution in [1.82, 2.24) is 4.90 Å². The fraction of sp³-hybridized carbons (Fsp3) is 0.400. The first kappa shape index (κ1) is 17.5. The molecule has 3 nitrogen and oxygen atoms in total. The van der Waals surface area contributed by atoms with E-state index in [2.05, 4.69) is 81.2 Å². The minimum atomic E-state index is 0.178. The number of hydrogen-bond donors (Lipinski definition) is 1. The Morgan fingerprint density at radius 2 is 1.75 bits per heavy atom. The second-order valence-corrected chi connectivity index (χ2v) is 7.62. The molecule has 0 amide bonds. The Labute approximate surface area is 153 Å². The van der Waals surface area contributed by atoms with Gasteiger partial charge in [-0.2, -0.15) is 0 Å². The van der Waals surface area contributed by atoms with Gasteiger partial charge >= 0.3 is 0 Å². The van der Waals surface area contributed by atoms with Gasteiger partial charge < -0.3 is 10.6 Å². The van der Waals surface area contributed by atoms with Gasteiger partial charge in [-0.15, -0.1) is 0 Å². The van der Waals surface area contributed by atoms with Crippen LogP contribution in [0.1, 0.15) is 18.1 Å². The van der Waals surface area contributed by atoms with Crippen molar-refractivity contribution >= 4 is 21.6 Å². The summed E-state index contributed by atoms with van der Waals surface area (Å²) in [5, 5.41) is 0. The van der Waals surface area contributed by atoms with Crippen LogP contribution in [0, 0.1) is 0 Å². The first-order chi connectivity index (χ1) is 11.6. The highest BCUT2D eigenvalue weighted by molar-refractivity contribution is 9.10. The number of nitrogens with two attached hydrogens (primary N) is 1. The van der Waals surface area contributed by atoms with Crippen LogP contribution in [0.2, 0.25) is 0 Å². The smallest absolute Gasteiger partial charge is 0.0401 e. The highest BCUT2D eigenvalue weighted by atomic mass is 79.9. The van der Waals surface area contributed by atoms with E-state index in [9.17, 15) is 0 Å². The lowest BCUT2D eigenvalue weighted by atomic mass is 10.0. The standard InChI is InChI=1S/C20H26BrN3/c1-16(22)13-18-14-19(21)7-8-20(18)24-11-9-23(10-12-24)15-17-5-3-2-4-6-17/h2-8,14,16H,9-13,15,22H2,1H3. The van der Waals surface area contributed by atoms with Crippen molar-refractivity contribution in [3.63, 3.8) is 0 Å².